The smallest absolute Gasteiger partial charge is 0.222 e. The number of morpholine rings is 1. The summed E-state index contributed by atoms with van der Waals surface area (Å²) in [6.45, 7) is 3.83. The molecule has 1 amide bonds. The van der Waals surface area contributed by atoms with Gasteiger partial charge in [-0.3, -0.25) is 4.79 Å². The van der Waals surface area contributed by atoms with Crippen LogP contribution in [-0.4, -0.2) is 63.2 Å². The third kappa shape index (κ3) is 7.27. The second-order valence-electron chi connectivity index (χ2n) is 3.94. The summed E-state index contributed by atoms with van der Waals surface area (Å²) in [6.07, 6.45) is 1.16. The molecule has 1 aliphatic rings. The number of nitrogens with one attached hydrogen (secondary N) is 2. The van der Waals surface area contributed by atoms with Crippen LogP contribution in [0.5, 0.6) is 0 Å². The van der Waals surface area contributed by atoms with Gasteiger partial charge in [0.15, 0.2) is 0 Å². The third-order valence-corrected chi connectivity index (χ3v) is 2.44. The Balaban J connectivity index is 1.93. The van der Waals surface area contributed by atoms with Crippen molar-refractivity contribution < 1.29 is 19.4 Å². The fourth-order valence-corrected chi connectivity index (χ4v) is 1.60. The Morgan fingerprint density at radius 3 is 3.12 bits per heavy atom. The number of aliphatic hydroxyl groups excluding tert-OH is 1. The van der Waals surface area contributed by atoms with Crippen LogP contribution in [-0.2, 0) is 14.3 Å². The van der Waals surface area contributed by atoms with Crippen LogP contribution in [0.1, 0.15) is 12.8 Å². The molecule has 1 heterocycles. The van der Waals surface area contributed by atoms with Crippen LogP contribution < -0.4 is 10.6 Å². The molecule has 0 aromatic carbocycles. The quantitative estimate of drug-likeness (QED) is 0.473. The fourth-order valence-electron chi connectivity index (χ4n) is 1.60. The Kier molecular flexibility index (Phi) is 7.91. The van der Waals surface area contributed by atoms with Crippen LogP contribution in [0.15, 0.2) is 0 Å². The zero-order chi connectivity index (χ0) is 12.3. The second-order valence-corrected chi connectivity index (χ2v) is 3.94. The predicted molar refractivity (Wildman–Crippen MR) is 62.8 cm³/mol. The van der Waals surface area contributed by atoms with Gasteiger partial charge in [-0.25, -0.2) is 0 Å². The maximum atomic E-state index is 11.5. The molecule has 6 nitrogen and oxygen atoms in total. The van der Waals surface area contributed by atoms with E-state index in [0.717, 1.165) is 19.5 Å². The van der Waals surface area contributed by atoms with Gasteiger partial charge < -0.3 is 25.2 Å². The van der Waals surface area contributed by atoms with E-state index >= 15 is 0 Å². The van der Waals surface area contributed by atoms with Gasteiger partial charge in [-0.05, 0) is 6.42 Å². The lowest BCUT2D eigenvalue weighted by molar-refractivity contribution is -0.124. The van der Waals surface area contributed by atoms with E-state index < -0.39 is 0 Å². The van der Waals surface area contributed by atoms with Crippen LogP contribution in [0.4, 0.5) is 0 Å². The van der Waals surface area contributed by atoms with Crippen LogP contribution in [0, 0.1) is 0 Å². The maximum Gasteiger partial charge on any atom is 0.222 e. The number of amides is 1. The first kappa shape index (κ1) is 14.4. The van der Waals surface area contributed by atoms with E-state index in [0.29, 0.717) is 32.8 Å². The number of carbonyl (C=O) groups is 1. The molecule has 0 aliphatic carbocycles. The molecule has 0 radical (unpaired) electrons. The molecular formula is C11H22N2O4. The molecule has 17 heavy (non-hydrogen) atoms. The maximum absolute atomic E-state index is 11.5. The first-order chi connectivity index (χ1) is 8.33. The van der Waals surface area contributed by atoms with Crippen LogP contribution in [0.2, 0.25) is 0 Å². The van der Waals surface area contributed by atoms with E-state index in [4.69, 9.17) is 14.6 Å². The average Bonchev–Trinajstić information content (AvgIpc) is 2.35. The normalized spacial score (nSPS) is 20.2. The molecule has 100 valence electrons. The highest BCUT2D eigenvalue weighted by atomic mass is 16.5. The van der Waals surface area contributed by atoms with Crippen molar-refractivity contribution in [1.82, 2.24) is 10.6 Å². The van der Waals surface area contributed by atoms with Gasteiger partial charge >= 0.3 is 0 Å². The zero-order valence-corrected chi connectivity index (χ0v) is 10.1. The van der Waals surface area contributed by atoms with Crippen molar-refractivity contribution in [3.8, 4) is 0 Å². The lowest BCUT2D eigenvalue weighted by Gasteiger charge is -2.23. The summed E-state index contributed by atoms with van der Waals surface area (Å²) in [7, 11) is 0. The van der Waals surface area contributed by atoms with Gasteiger partial charge in [0, 0.05) is 26.2 Å². The van der Waals surface area contributed by atoms with Crippen LogP contribution >= 0.6 is 0 Å². The molecule has 1 fully saturated rings. The predicted octanol–water partition coefficient (Wildman–Crippen LogP) is -1.12. The van der Waals surface area contributed by atoms with Gasteiger partial charge in [-0.15, -0.1) is 0 Å². The summed E-state index contributed by atoms with van der Waals surface area (Å²) >= 11 is 0. The number of rotatable bonds is 8. The molecule has 0 spiro atoms. The molecule has 0 aromatic heterocycles. The minimum absolute atomic E-state index is 0.00520. The minimum Gasteiger partial charge on any atom is -0.394 e. The van der Waals surface area contributed by atoms with Crippen molar-refractivity contribution in [2.45, 2.75) is 18.9 Å². The van der Waals surface area contributed by atoms with Gasteiger partial charge in [0.25, 0.3) is 0 Å². The molecule has 1 aliphatic heterocycles. The third-order valence-electron chi connectivity index (χ3n) is 2.44. The standard InChI is InChI=1S/C11H22N2O4/c14-4-7-16-5-1-2-13-11(15)8-10-9-12-3-6-17-10/h10,12,14H,1-9H2,(H,13,15). The van der Waals surface area contributed by atoms with Gasteiger partial charge in [0.2, 0.25) is 5.91 Å². The molecule has 0 bridgehead atoms. The van der Waals surface area contributed by atoms with E-state index in [1.165, 1.54) is 0 Å². The van der Waals surface area contributed by atoms with E-state index in [1.54, 1.807) is 0 Å². The summed E-state index contributed by atoms with van der Waals surface area (Å²) in [5, 5.41) is 14.5. The van der Waals surface area contributed by atoms with Crippen molar-refractivity contribution in [1.29, 1.82) is 0 Å². The molecule has 1 saturated heterocycles. The highest BCUT2D eigenvalue weighted by Crippen LogP contribution is 2.00. The molecule has 0 saturated carbocycles. The van der Waals surface area contributed by atoms with Crippen molar-refractivity contribution >= 4 is 5.91 Å². The van der Waals surface area contributed by atoms with Crippen molar-refractivity contribution in [3.63, 3.8) is 0 Å². The Bertz CT molecular complexity index is 208. The van der Waals surface area contributed by atoms with Crippen molar-refractivity contribution in [2.24, 2.45) is 0 Å². The summed E-state index contributed by atoms with van der Waals surface area (Å²) < 4.78 is 10.5. The van der Waals surface area contributed by atoms with Gasteiger partial charge in [0.1, 0.15) is 0 Å². The van der Waals surface area contributed by atoms with Gasteiger partial charge in [-0.2, -0.15) is 0 Å². The number of carbonyl (C=O) groups excluding carboxylic acids is 1. The molecule has 0 aromatic rings. The van der Waals surface area contributed by atoms with Crippen LogP contribution in [0.25, 0.3) is 0 Å². The Labute approximate surface area is 102 Å². The number of hydrogen-bond acceptors (Lipinski definition) is 5. The number of hydrogen-bond donors (Lipinski definition) is 3. The van der Waals surface area contributed by atoms with Gasteiger partial charge in [0.05, 0.1) is 32.3 Å². The second kappa shape index (κ2) is 9.35. The summed E-state index contributed by atoms with van der Waals surface area (Å²) in [5.74, 6) is 0.0147. The zero-order valence-electron chi connectivity index (χ0n) is 10.1. The fraction of sp³-hybridized carbons (Fsp3) is 0.909. The summed E-state index contributed by atoms with van der Waals surface area (Å²) in [6, 6.07) is 0. The number of ether oxygens (including phenoxy) is 2. The molecule has 3 N–H and O–H groups in total. The number of aliphatic hydroxyl groups is 1. The topological polar surface area (TPSA) is 79.8 Å². The van der Waals surface area contributed by atoms with E-state index in [-0.39, 0.29) is 18.6 Å². The largest absolute Gasteiger partial charge is 0.394 e. The Morgan fingerprint density at radius 2 is 2.41 bits per heavy atom. The van der Waals surface area contributed by atoms with E-state index in [2.05, 4.69) is 10.6 Å². The van der Waals surface area contributed by atoms with E-state index in [1.807, 2.05) is 0 Å². The first-order valence-electron chi connectivity index (χ1n) is 6.10. The van der Waals surface area contributed by atoms with Gasteiger partial charge in [-0.1, -0.05) is 0 Å². The minimum atomic E-state index is -0.00520. The molecular weight excluding hydrogens is 224 g/mol. The Hall–Kier alpha value is -0.690. The average molecular weight is 246 g/mol. The monoisotopic (exact) mass is 246 g/mol. The lowest BCUT2D eigenvalue weighted by atomic mass is 10.2. The molecule has 1 rings (SSSR count). The lowest BCUT2D eigenvalue weighted by Crippen LogP contribution is -2.41. The molecule has 1 atom stereocenters. The van der Waals surface area contributed by atoms with Crippen molar-refractivity contribution in [3.05, 3.63) is 0 Å². The highest BCUT2D eigenvalue weighted by Gasteiger charge is 2.16. The van der Waals surface area contributed by atoms with E-state index in [9.17, 15) is 4.79 Å². The molecule has 6 heteroatoms. The Morgan fingerprint density at radius 1 is 1.53 bits per heavy atom. The summed E-state index contributed by atoms with van der Waals surface area (Å²) in [4.78, 5) is 11.5. The van der Waals surface area contributed by atoms with Crippen molar-refractivity contribution in [2.75, 3.05) is 46.1 Å². The SMILES string of the molecule is O=C(CC1CNCCO1)NCCCOCCO. The highest BCUT2D eigenvalue weighted by molar-refractivity contribution is 5.76. The first-order valence-corrected chi connectivity index (χ1v) is 6.10. The molecule has 1 unspecified atom stereocenters. The summed E-state index contributed by atoms with van der Waals surface area (Å²) in [5.41, 5.74) is 0. The van der Waals surface area contributed by atoms with Crippen LogP contribution in [0.3, 0.4) is 0 Å².